The highest BCUT2D eigenvalue weighted by Crippen LogP contribution is 2.20. The van der Waals surface area contributed by atoms with Gasteiger partial charge in [-0.2, -0.15) is 0 Å². The fraction of sp³-hybridized carbons (Fsp3) is 0.333. The third-order valence-electron chi connectivity index (χ3n) is 1.39. The second-order valence-corrected chi connectivity index (χ2v) is 2.19. The summed E-state index contributed by atoms with van der Waals surface area (Å²) < 4.78 is 4.24. The van der Waals surface area contributed by atoms with Gasteiger partial charge >= 0.3 is 5.97 Å². The molecule has 1 aliphatic heterocycles. The van der Waals surface area contributed by atoms with Crippen molar-refractivity contribution < 1.29 is 29.6 Å². The van der Waals surface area contributed by atoms with Crippen molar-refractivity contribution in [3.05, 3.63) is 11.5 Å². The summed E-state index contributed by atoms with van der Waals surface area (Å²) in [7, 11) is 0. The van der Waals surface area contributed by atoms with Crippen molar-refractivity contribution in [3.8, 4) is 0 Å². The van der Waals surface area contributed by atoms with E-state index in [9.17, 15) is 9.59 Å². The lowest BCUT2D eigenvalue weighted by molar-refractivity contribution is -0.147. The molecule has 0 spiro atoms. The Morgan fingerprint density at radius 3 is 2.42 bits per heavy atom. The fourth-order valence-electron chi connectivity index (χ4n) is 0.769. The monoisotopic (exact) mass is 174 g/mol. The molecule has 0 aromatic rings. The van der Waals surface area contributed by atoms with Crippen LogP contribution in [0.4, 0.5) is 0 Å². The quantitative estimate of drug-likeness (QED) is 0.358. The van der Waals surface area contributed by atoms with Crippen molar-refractivity contribution in [2.45, 2.75) is 12.2 Å². The number of rotatable bonds is 2. The van der Waals surface area contributed by atoms with Gasteiger partial charge in [0.1, 0.15) is 0 Å². The van der Waals surface area contributed by atoms with Gasteiger partial charge in [0.05, 0.1) is 0 Å². The van der Waals surface area contributed by atoms with Gasteiger partial charge in [-0.1, -0.05) is 0 Å². The smallest absolute Gasteiger partial charge is 0.378 e. The van der Waals surface area contributed by atoms with Crippen LogP contribution in [0.5, 0.6) is 0 Å². The van der Waals surface area contributed by atoms with E-state index < -0.39 is 29.7 Å². The van der Waals surface area contributed by atoms with E-state index >= 15 is 0 Å². The molecular formula is C6H6O6. The zero-order chi connectivity index (χ0) is 9.30. The molecule has 1 heterocycles. The average molecular weight is 174 g/mol. The standard InChI is InChI=1S/C6H6O6/c7-1-2(8)5-3(9)4(10)6(11)12-5/h1-2,5,8-10H/t2-,5+/m0/s1. The summed E-state index contributed by atoms with van der Waals surface area (Å²) in [6, 6.07) is 0. The summed E-state index contributed by atoms with van der Waals surface area (Å²) in [5.41, 5.74) is 0. The summed E-state index contributed by atoms with van der Waals surface area (Å²) in [6.07, 6.45) is -3.04. The van der Waals surface area contributed by atoms with Gasteiger partial charge < -0.3 is 24.9 Å². The van der Waals surface area contributed by atoms with Gasteiger partial charge in [-0.3, -0.25) is 0 Å². The lowest BCUT2D eigenvalue weighted by atomic mass is 10.2. The zero-order valence-corrected chi connectivity index (χ0v) is 5.80. The number of aliphatic hydroxyl groups excluding tert-OH is 3. The summed E-state index contributed by atoms with van der Waals surface area (Å²) in [6.45, 7) is 0. The minimum Gasteiger partial charge on any atom is -0.505 e. The molecule has 0 amide bonds. The third kappa shape index (κ3) is 1.12. The molecule has 0 saturated heterocycles. The molecule has 0 aromatic carbocycles. The number of aldehydes is 1. The van der Waals surface area contributed by atoms with Crippen LogP contribution in [0.25, 0.3) is 0 Å². The Hall–Kier alpha value is -1.56. The van der Waals surface area contributed by atoms with Crippen LogP contribution in [0.2, 0.25) is 0 Å². The summed E-state index contributed by atoms with van der Waals surface area (Å²) in [5.74, 6) is -2.95. The normalized spacial score (nSPS) is 25.4. The molecule has 1 aliphatic rings. The number of aliphatic hydroxyl groups is 3. The predicted molar refractivity (Wildman–Crippen MR) is 34.2 cm³/mol. The van der Waals surface area contributed by atoms with Gasteiger partial charge in [-0.05, 0) is 0 Å². The van der Waals surface area contributed by atoms with Crippen LogP contribution >= 0.6 is 0 Å². The first-order chi connectivity index (χ1) is 5.57. The van der Waals surface area contributed by atoms with Crippen LogP contribution in [0.1, 0.15) is 0 Å². The number of esters is 1. The first kappa shape index (κ1) is 8.54. The third-order valence-corrected chi connectivity index (χ3v) is 1.39. The van der Waals surface area contributed by atoms with Crippen molar-refractivity contribution in [1.29, 1.82) is 0 Å². The summed E-state index contributed by atoms with van der Waals surface area (Å²) >= 11 is 0. The van der Waals surface area contributed by atoms with Crippen molar-refractivity contribution >= 4 is 12.3 Å². The molecule has 0 radical (unpaired) electrons. The van der Waals surface area contributed by atoms with Gasteiger partial charge in [0.25, 0.3) is 0 Å². The number of carbonyl (C=O) groups is 2. The van der Waals surface area contributed by atoms with Crippen molar-refractivity contribution in [3.63, 3.8) is 0 Å². The minimum atomic E-state index is -1.65. The highest BCUT2D eigenvalue weighted by atomic mass is 16.6. The second kappa shape index (κ2) is 2.82. The van der Waals surface area contributed by atoms with E-state index in [4.69, 9.17) is 15.3 Å². The number of hydrogen-bond acceptors (Lipinski definition) is 6. The van der Waals surface area contributed by atoms with Crippen LogP contribution in [-0.4, -0.2) is 39.8 Å². The SMILES string of the molecule is O=C[C@H](O)[C@H]1OC(=O)C(O)=C1O. The fourth-order valence-corrected chi connectivity index (χ4v) is 0.769. The van der Waals surface area contributed by atoms with E-state index in [2.05, 4.69) is 4.74 Å². The first-order valence-corrected chi connectivity index (χ1v) is 3.04. The average Bonchev–Trinajstić information content (AvgIpc) is 2.32. The van der Waals surface area contributed by atoms with Crippen molar-refractivity contribution in [2.24, 2.45) is 0 Å². The van der Waals surface area contributed by atoms with Crippen LogP contribution in [0.3, 0.4) is 0 Å². The molecule has 0 fully saturated rings. The highest BCUT2D eigenvalue weighted by molar-refractivity contribution is 5.89. The van der Waals surface area contributed by atoms with E-state index in [1.54, 1.807) is 0 Å². The van der Waals surface area contributed by atoms with Crippen LogP contribution in [0, 0.1) is 0 Å². The first-order valence-electron chi connectivity index (χ1n) is 3.04. The molecule has 0 aliphatic carbocycles. The van der Waals surface area contributed by atoms with Crippen LogP contribution < -0.4 is 0 Å². The van der Waals surface area contributed by atoms with E-state index in [-0.39, 0.29) is 6.29 Å². The largest absolute Gasteiger partial charge is 0.505 e. The van der Waals surface area contributed by atoms with Gasteiger partial charge in [-0.25, -0.2) is 4.79 Å². The van der Waals surface area contributed by atoms with Crippen molar-refractivity contribution in [2.75, 3.05) is 0 Å². The maximum absolute atomic E-state index is 10.5. The maximum Gasteiger partial charge on any atom is 0.378 e. The van der Waals surface area contributed by atoms with Gasteiger partial charge in [0, 0.05) is 0 Å². The molecule has 1 rings (SSSR count). The maximum atomic E-state index is 10.5. The Labute approximate surface area is 66.7 Å². The lowest BCUT2D eigenvalue weighted by Gasteiger charge is -2.10. The van der Waals surface area contributed by atoms with Gasteiger partial charge in [-0.15, -0.1) is 0 Å². The Balaban J connectivity index is 2.86. The number of ether oxygens (including phenoxy) is 1. The number of hydrogen-bond donors (Lipinski definition) is 3. The second-order valence-electron chi connectivity index (χ2n) is 2.19. The summed E-state index contributed by atoms with van der Waals surface area (Å²) in [4.78, 5) is 20.5. The molecule has 66 valence electrons. The molecule has 3 N–H and O–H groups in total. The van der Waals surface area contributed by atoms with E-state index in [1.165, 1.54) is 0 Å². The summed E-state index contributed by atoms with van der Waals surface area (Å²) in [5, 5.41) is 26.4. The highest BCUT2D eigenvalue weighted by Gasteiger charge is 2.38. The molecule has 0 bridgehead atoms. The molecule has 0 aromatic heterocycles. The molecule has 0 unspecified atom stereocenters. The molecule has 12 heavy (non-hydrogen) atoms. The van der Waals surface area contributed by atoms with E-state index in [0.717, 1.165) is 0 Å². The minimum absolute atomic E-state index is 0.0900. The van der Waals surface area contributed by atoms with E-state index in [1.807, 2.05) is 0 Å². The Kier molecular flexibility index (Phi) is 2.01. The van der Waals surface area contributed by atoms with Crippen LogP contribution in [-0.2, 0) is 14.3 Å². The number of carbonyl (C=O) groups excluding carboxylic acids is 2. The molecular weight excluding hydrogens is 168 g/mol. The van der Waals surface area contributed by atoms with Crippen molar-refractivity contribution in [1.82, 2.24) is 0 Å². The Bertz CT molecular complexity index is 255. The molecule has 2 atom stereocenters. The van der Waals surface area contributed by atoms with E-state index in [0.29, 0.717) is 0 Å². The van der Waals surface area contributed by atoms with Crippen LogP contribution in [0.15, 0.2) is 11.5 Å². The lowest BCUT2D eigenvalue weighted by Crippen LogP contribution is -2.29. The predicted octanol–water partition coefficient (Wildman–Crippen LogP) is -1.20. The Morgan fingerprint density at radius 1 is 1.50 bits per heavy atom. The molecule has 0 saturated carbocycles. The zero-order valence-electron chi connectivity index (χ0n) is 5.80. The molecule has 6 nitrogen and oxygen atoms in total. The van der Waals surface area contributed by atoms with Gasteiger partial charge in [0.15, 0.2) is 24.3 Å². The van der Waals surface area contributed by atoms with Gasteiger partial charge in [0.2, 0.25) is 5.76 Å². The molecule has 6 heteroatoms. The Morgan fingerprint density at radius 2 is 2.08 bits per heavy atom. The number of cyclic esters (lactones) is 1. The topological polar surface area (TPSA) is 104 Å².